The zero-order valence-electron chi connectivity index (χ0n) is 12.6. The van der Waals surface area contributed by atoms with Gasteiger partial charge in [-0.05, 0) is 33.0 Å². The maximum Gasteiger partial charge on any atom is 0.208 e. The van der Waals surface area contributed by atoms with Crippen LogP contribution in [-0.2, 0) is 6.54 Å². The summed E-state index contributed by atoms with van der Waals surface area (Å²) in [6.07, 6.45) is 0.0158. The van der Waals surface area contributed by atoms with Crippen molar-refractivity contribution in [2.75, 3.05) is 20.2 Å². The monoisotopic (exact) mass is 288 g/mol. The highest BCUT2D eigenvalue weighted by molar-refractivity contribution is 5.40. The second-order valence-electron chi connectivity index (χ2n) is 5.44. The van der Waals surface area contributed by atoms with Crippen molar-refractivity contribution in [1.82, 2.24) is 9.88 Å². The van der Waals surface area contributed by atoms with Gasteiger partial charge in [0.1, 0.15) is 18.5 Å². The molecule has 2 aromatic rings. The zero-order valence-corrected chi connectivity index (χ0v) is 12.6. The quantitative estimate of drug-likeness (QED) is 0.865. The van der Waals surface area contributed by atoms with E-state index in [0.717, 1.165) is 35.4 Å². The second kappa shape index (κ2) is 5.77. The van der Waals surface area contributed by atoms with Crippen LogP contribution >= 0.6 is 0 Å². The maximum atomic E-state index is 5.95. The van der Waals surface area contributed by atoms with Crippen LogP contribution in [0.1, 0.15) is 17.3 Å². The molecule has 112 valence electrons. The molecule has 1 aliphatic heterocycles. The minimum Gasteiger partial charge on any atom is -0.486 e. The number of aryl methyl sites for hydroxylation is 2. The molecule has 0 aliphatic carbocycles. The average Bonchev–Trinajstić information content (AvgIpc) is 2.77. The standard InChI is InChI=1S/C16H20N2O3/c1-11-12(2)20-16(17-11)9-18(3)8-13-10-19-14-6-4-5-7-15(14)21-13/h4-7,13H,8-10H2,1-3H3/t13-/m1/s1. The normalized spacial score (nSPS) is 17.2. The van der Waals surface area contributed by atoms with Crippen LogP contribution in [0.3, 0.4) is 0 Å². The Labute approximate surface area is 124 Å². The number of likely N-dealkylation sites (N-methyl/N-ethyl adjacent to an activating group) is 1. The fraction of sp³-hybridized carbons (Fsp3) is 0.438. The van der Waals surface area contributed by atoms with E-state index in [9.17, 15) is 0 Å². The van der Waals surface area contributed by atoms with Gasteiger partial charge >= 0.3 is 0 Å². The van der Waals surface area contributed by atoms with Gasteiger partial charge in [0.05, 0.1) is 12.2 Å². The topological polar surface area (TPSA) is 47.7 Å². The molecule has 5 nitrogen and oxygen atoms in total. The van der Waals surface area contributed by atoms with E-state index >= 15 is 0 Å². The van der Waals surface area contributed by atoms with E-state index in [0.29, 0.717) is 13.2 Å². The fourth-order valence-electron chi connectivity index (χ4n) is 2.40. The number of hydrogen-bond donors (Lipinski definition) is 0. The zero-order chi connectivity index (χ0) is 14.8. The predicted octanol–water partition coefficient (Wildman–Crippen LogP) is 2.56. The molecule has 0 bridgehead atoms. The molecule has 0 N–H and O–H groups in total. The summed E-state index contributed by atoms with van der Waals surface area (Å²) >= 11 is 0. The molecule has 0 radical (unpaired) electrons. The summed E-state index contributed by atoms with van der Waals surface area (Å²) in [5.41, 5.74) is 0.949. The molecular formula is C16H20N2O3. The minimum absolute atomic E-state index is 0.0158. The van der Waals surface area contributed by atoms with Crippen molar-refractivity contribution in [2.24, 2.45) is 0 Å². The third-order valence-electron chi connectivity index (χ3n) is 3.56. The molecule has 0 saturated carbocycles. The largest absolute Gasteiger partial charge is 0.486 e. The molecule has 1 aromatic heterocycles. The first-order valence-electron chi connectivity index (χ1n) is 7.12. The van der Waals surface area contributed by atoms with E-state index in [4.69, 9.17) is 13.9 Å². The number of aromatic nitrogens is 1. The van der Waals surface area contributed by atoms with Crippen LogP contribution in [0, 0.1) is 13.8 Å². The Kier molecular flexibility index (Phi) is 3.84. The lowest BCUT2D eigenvalue weighted by Crippen LogP contribution is -2.39. The Bertz CT molecular complexity index is 604. The highest BCUT2D eigenvalue weighted by atomic mass is 16.6. The number of nitrogens with zero attached hydrogens (tertiary/aromatic N) is 2. The van der Waals surface area contributed by atoms with Gasteiger partial charge in [0.2, 0.25) is 5.89 Å². The highest BCUT2D eigenvalue weighted by Crippen LogP contribution is 2.31. The number of fused-ring (bicyclic) bond motifs is 1. The molecule has 1 aromatic carbocycles. The first-order valence-corrected chi connectivity index (χ1v) is 7.12. The van der Waals surface area contributed by atoms with Crippen molar-refractivity contribution >= 4 is 0 Å². The summed E-state index contributed by atoms with van der Waals surface area (Å²) in [6.45, 7) is 5.87. The molecule has 0 unspecified atom stereocenters. The predicted molar refractivity (Wildman–Crippen MR) is 78.7 cm³/mol. The fourth-order valence-corrected chi connectivity index (χ4v) is 2.40. The third kappa shape index (κ3) is 3.19. The van der Waals surface area contributed by atoms with Gasteiger partial charge in [0, 0.05) is 6.54 Å². The number of benzene rings is 1. The van der Waals surface area contributed by atoms with Crippen LogP contribution in [0.5, 0.6) is 11.5 Å². The van der Waals surface area contributed by atoms with Crippen molar-refractivity contribution in [1.29, 1.82) is 0 Å². The Morgan fingerprint density at radius 3 is 2.71 bits per heavy atom. The molecule has 1 aliphatic rings. The summed E-state index contributed by atoms with van der Waals surface area (Å²) in [6, 6.07) is 7.75. The van der Waals surface area contributed by atoms with Crippen molar-refractivity contribution in [3.8, 4) is 11.5 Å². The van der Waals surface area contributed by atoms with Crippen molar-refractivity contribution in [3.63, 3.8) is 0 Å². The first-order chi connectivity index (χ1) is 10.1. The van der Waals surface area contributed by atoms with Gasteiger partial charge in [-0.15, -0.1) is 0 Å². The molecule has 2 heterocycles. The molecule has 5 heteroatoms. The van der Waals surface area contributed by atoms with Crippen LogP contribution < -0.4 is 9.47 Å². The number of hydrogen-bond acceptors (Lipinski definition) is 5. The van der Waals surface area contributed by atoms with E-state index in [-0.39, 0.29) is 6.10 Å². The number of ether oxygens (including phenoxy) is 2. The van der Waals surface area contributed by atoms with E-state index in [1.807, 2.05) is 45.2 Å². The molecule has 0 amide bonds. The van der Waals surface area contributed by atoms with Gasteiger partial charge in [0.15, 0.2) is 11.5 Å². The second-order valence-corrected chi connectivity index (χ2v) is 5.44. The lowest BCUT2D eigenvalue weighted by atomic mass is 10.2. The van der Waals surface area contributed by atoms with Crippen molar-refractivity contribution in [3.05, 3.63) is 41.6 Å². The molecule has 0 spiro atoms. The van der Waals surface area contributed by atoms with Crippen LogP contribution in [0.25, 0.3) is 0 Å². The van der Waals surface area contributed by atoms with Crippen LogP contribution in [-0.4, -0.2) is 36.2 Å². The van der Waals surface area contributed by atoms with Gasteiger partial charge in [-0.3, -0.25) is 4.90 Å². The third-order valence-corrected chi connectivity index (χ3v) is 3.56. The number of oxazole rings is 1. The summed E-state index contributed by atoms with van der Waals surface area (Å²) in [5, 5.41) is 0. The minimum atomic E-state index is 0.0158. The summed E-state index contributed by atoms with van der Waals surface area (Å²) < 4.78 is 17.3. The SMILES string of the molecule is Cc1nc(CN(C)C[C@@H]2COc3ccccc3O2)oc1C. The van der Waals surface area contributed by atoms with Gasteiger partial charge < -0.3 is 13.9 Å². The Balaban J connectivity index is 1.57. The summed E-state index contributed by atoms with van der Waals surface area (Å²) in [5.74, 6) is 3.24. The van der Waals surface area contributed by atoms with Crippen LogP contribution in [0.2, 0.25) is 0 Å². The van der Waals surface area contributed by atoms with E-state index in [2.05, 4.69) is 9.88 Å². The van der Waals surface area contributed by atoms with E-state index in [1.165, 1.54) is 0 Å². The lowest BCUT2D eigenvalue weighted by Gasteiger charge is -2.29. The lowest BCUT2D eigenvalue weighted by molar-refractivity contribution is 0.0618. The molecule has 3 rings (SSSR count). The van der Waals surface area contributed by atoms with E-state index in [1.54, 1.807) is 0 Å². The molecule has 1 atom stereocenters. The van der Waals surface area contributed by atoms with Gasteiger partial charge in [-0.25, -0.2) is 4.98 Å². The van der Waals surface area contributed by atoms with Crippen molar-refractivity contribution in [2.45, 2.75) is 26.5 Å². The molecule has 0 saturated heterocycles. The average molecular weight is 288 g/mol. The molecule has 21 heavy (non-hydrogen) atoms. The smallest absolute Gasteiger partial charge is 0.208 e. The molecule has 0 fully saturated rings. The van der Waals surface area contributed by atoms with Gasteiger partial charge in [-0.2, -0.15) is 0 Å². The Morgan fingerprint density at radius 2 is 2.00 bits per heavy atom. The van der Waals surface area contributed by atoms with Crippen LogP contribution in [0.15, 0.2) is 28.7 Å². The number of para-hydroxylation sites is 2. The van der Waals surface area contributed by atoms with Gasteiger partial charge in [-0.1, -0.05) is 12.1 Å². The summed E-state index contributed by atoms with van der Waals surface area (Å²) in [4.78, 5) is 6.53. The van der Waals surface area contributed by atoms with Crippen LogP contribution in [0.4, 0.5) is 0 Å². The Morgan fingerprint density at radius 1 is 1.24 bits per heavy atom. The maximum absolute atomic E-state index is 5.95. The summed E-state index contributed by atoms with van der Waals surface area (Å²) in [7, 11) is 2.03. The Hall–Kier alpha value is -2.01. The highest BCUT2D eigenvalue weighted by Gasteiger charge is 2.22. The molecular weight excluding hydrogens is 268 g/mol. The number of rotatable bonds is 4. The first kappa shape index (κ1) is 13.9. The van der Waals surface area contributed by atoms with Gasteiger partial charge in [0.25, 0.3) is 0 Å². The van der Waals surface area contributed by atoms with Crippen molar-refractivity contribution < 1.29 is 13.9 Å². The van der Waals surface area contributed by atoms with E-state index < -0.39 is 0 Å².